The summed E-state index contributed by atoms with van der Waals surface area (Å²) in [4.78, 5) is 2.58. The third kappa shape index (κ3) is 4.16. The first-order chi connectivity index (χ1) is 11.3. The normalized spacial score (nSPS) is 26.3. The number of nitrogens with zero attached hydrogens (tertiary/aromatic N) is 3. The predicted octanol–water partition coefficient (Wildman–Crippen LogP) is 1.31. The molecule has 7 nitrogen and oxygen atoms in total. The lowest BCUT2D eigenvalue weighted by Gasteiger charge is -2.38. The molecule has 1 aromatic heterocycles. The fraction of sp³-hybridized carbons (Fsp3) is 0.812. The van der Waals surface area contributed by atoms with Gasteiger partial charge in [-0.1, -0.05) is 0 Å². The maximum Gasteiger partial charge on any atom is 0.256 e. The highest BCUT2D eigenvalue weighted by Crippen LogP contribution is 2.33. The van der Waals surface area contributed by atoms with Gasteiger partial charge in [-0.25, -0.2) is 0 Å². The second-order valence-corrected chi connectivity index (χ2v) is 6.32. The van der Waals surface area contributed by atoms with E-state index in [4.69, 9.17) is 19.9 Å². The van der Waals surface area contributed by atoms with Crippen LogP contribution in [0.4, 0.5) is 5.69 Å². The zero-order chi connectivity index (χ0) is 16.1. The SMILES string of the molecule is COCCOc1nn([C@H]2CC[C@H](N3CCOCC3)CC2)cc1N. The summed E-state index contributed by atoms with van der Waals surface area (Å²) >= 11 is 0. The Hall–Kier alpha value is -1.31. The summed E-state index contributed by atoms with van der Waals surface area (Å²) in [5.74, 6) is 0.525. The van der Waals surface area contributed by atoms with E-state index in [1.807, 2.05) is 10.9 Å². The lowest BCUT2D eigenvalue weighted by Crippen LogP contribution is -2.45. The topological polar surface area (TPSA) is 74.8 Å². The highest BCUT2D eigenvalue weighted by Gasteiger charge is 2.28. The van der Waals surface area contributed by atoms with Gasteiger partial charge in [0, 0.05) is 26.2 Å². The number of aromatic nitrogens is 2. The monoisotopic (exact) mass is 324 g/mol. The zero-order valence-electron chi connectivity index (χ0n) is 13.9. The Kier molecular flexibility index (Phi) is 5.75. The van der Waals surface area contributed by atoms with Crippen molar-refractivity contribution in [3.8, 4) is 5.88 Å². The van der Waals surface area contributed by atoms with E-state index in [2.05, 4.69) is 10.00 Å². The molecule has 1 saturated heterocycles. The number of rotatable bonds is 6. The molecule has 0 aromatic carbocycles. The van der Waals surface area contributed by atoms with E-state index >= 15 is 0 Å². The van der Waals surface area contributed by atoms with E-state index in [0.29, 0.717) is 36.9 Å². The van der Waals surface area contributed by atoms with Gasteiger partial charge in [0.1, 0.15) is 12.3 Å². The first kappa shape index (κ1) is 16.5. The maximum atomic E-state index is 6.00. The number of morpholine rings is 1. The van der Waals surface area contributed by atoms with Gasteiger partial charge in [-0.3, -0.25) is 9.58 Å². The molecule has 1 aliphatic carbocycles. The minimum absolute atomic E-state index is 0.425. The molecule has 7 heteroatoms. The quantitative estimate of drug-likeness (QED) is 0.795. The van der Waals surface area contributed by atoms with Crippen LogP contribution >= 0.6 is 0 Å². The maximum absolute atomic E-state index is 6.00. The minimum atomic E-state index is 0.425. The van der Waals surface area contributed by atoms with Crippen LogP contribution in [0.2, 0.25) is 0 Å². The average Bonchev–Trinajstić information content (AvgIpc) is 2.97. The summed E-state index contributed by atoms with van der Waals surface area (Å²) in [7, 11) is 1.65. The molecule has 0 radical (unpaired) electrons. The van der Waals surface area contributed by atoms with Crippen molar-refractivity contribution >= 4 is 5.69 Å². The Morgan fingerprint density at radius 1 is 1.17 bits per heavy atom. The van der Waals surface area contributed by atoms with Gasteiger partial charge in [0.15, 0.2) is 0 Å². The van der Waals surface area contributed by atoms with E-state index in [9.17, 15) is 0 Å². The molecule has 2 N–H and O–H groups in total. The molecule has 2 aliphatic rings. The summed E-state index contributed by atoms with van der Waals surface area (Å²) in [6.45, 7) is 4.90. The number of ether oxygens (including phenoxy) is 3. The van der Waals surface area contributed by atoms with E-state index < -0.39 is 0 Å². The fourth-order valence-electron chi connectivity index (χ4n) is 3.54. The van der Waals surface area contributed by atoms with E-state index in [0.717, 1.165) is 39.1 Å². The smallest absolute Gasteiger partial charge is 0.256 e. The van der Waals surface area contributed by atoms with Crippen LogP contribution in [0.25, 0.3) is 0 Å². The van der Waals surface area contributed by atoms with Crippen molar-refractivity contribution in [3.63, 3.8) is 0 Å². The van der Waals surface area contributed by atoms with Gasteiger partial charge in [-0.05, 0) is 25.7 Å². The van der Waals surface area contributed by atoms with Gasteiger partial charge in [0.2, 0.25) is 0 Å². The van der Waals surface area contributed by atoms with Crippen LogP contribution in [0.5, 0.6) is 5.88 Å². The van der Waals surface area contributed by atoms with Crippen LogP contribution in [0.3, 0.4) is 0 Å². The van der Waals surface area contributed by atoms with Crippen LogP contribution < -0.4 is 10.5 Å². The van der Waals surface area contributed by atoms with E-state index in [1.54, 1.807) is 7.11 Å². The standard InChI is InChI=1S/C16H28N4O3/c1-21-10-11-23-16-15(17)12-20(18-16)14-4-2-13(3-5-14)19-6-8-22-9-7-19/h12-14H,2-11,17H2,1H3/t13-,14-. The Morgan fingerprint density at radius 2 is 1.87 bits per heavy atom. The van der Waals surface area contributed by atoms with Crippen LogP contribution in [-0.2, 0) is 9.47 Å². The van der Waals surface area contributed by atoms with Crippen molar-refractivity contribution in [1.82, 2.24) is 14.7 Å². The zero-order valence-corrected chi connectivity index (χ0v) is 13.9. The third-order valence-corrected chi connectivity index (χ3v) is 4.85. The molecule has 0 spiro atoms. The van der Waals surface area contributed by atoms with Gasteiger partial charge in [0.05, 0.1) is 32.1 Å². The number of methoxy groups -OCH3 is 1. The number of nitrogens with two attached hydrogens (primary N) is 1. The number of anilines is 1. The van der Waals surface area contributed by atoms with Crippen molar-refractivity contribution in [2.45, 2.75) is 37.8 Å². The van der Waals surface area contributed by atoms with Gasteiger partial charge < -0.3 is 19.9 Å². The van der Waals surface area contributed by atoms with Crippen LogP contribution in [0.15, 0.2) is 6.20 Å². The molecule has 130 valence electrons. The number of nitrogen functional groups attached to an aromatic ring is 1. The third-order valence-electron chi connectivity index (χ3n) is 4.85. The highest BCUT2D eigenvalue weighted by atomic mass is 16.5. The molecule has 3 rings (SSSR count). The minimum Gasteiger partial charge on any atom is -0.473 e. The van der Waals surface area contributed by atoms with Gasteiger partial charge in [0.25, 0.3) is 5.88 Å². The van der Waals surface area contributed by atoms with Crippen molar-refractivity contribution in [3.05, 3.63) is 6.20 Å². The van der Waals surface area contributed by atoms with Gasteiger partial charge in [-0.15, -0.1) is 5.10 Å². The summed E-state index contributed by atoms with van der Waals surface area (Å²) in [6, 6.07) is 1.12. The molecule has 2 heterocycles. The van der Waals surface area contributed by atoms with Crippen LogP contribution in [0.1, 0.15) is 31.7 Å². The van der Waals surface area contributed by atoms with Crippen molar-refractivity contribution in [2.75, 3.05) is 52.4 Å². The molecule has 1 saturated carbocycles. The van der Waals surface area contributed by atoms with Crippen molar-refractivity contribution in [2.24, 2.45) is 0 Å². The molecular formula is C16H28N4O3. The van der Waals surface area contributed by atoms with E-state index in [-0.39, 0.29) is 0 Å². The van der Waals surface area contributed by atoms with Gasteiger partial charge >= 0.3 is 0 Å². The fourth-order valence-corrected chi connectivity index (χ4v) is 3.54. The summed E-state index contributed by atoms with van der Waals surface area (Å²) in [5, 5.41) is 4.52. The predicted molar refractivity (Wildman–Crippen MR) is 87.7 cm³/mol. The molecule has 1 aliphatic heterocycles. The number of hydrogen-bond donors (Lipinski definition) is 1. The number of hydrogen-bond acceptors (Lipinski definition) is 6. The molecule has 0 unspecified atom stereocenters. The van der Waals surface area contributed by atoms with E-state index in [1.165, 1.54) is 12.8 Å². The Morgan fingerprint density at radius 3 is 2.57 bits per heavy atom. The lowest BCUT2D eigenvalue weighted by molar-refractivity contribution is 0.00502. The molecule has 2 fully saturated rings. The molecule has 0 atom stereocenters. The lowest BCUT2D eigenvalue weighted by atomic mass is 9.90. The second-order valence-electron chi connectivity index (χ2n) is 6.32. The first-order valence-corrected chi connectivity index (χ1v) is 8.56. The Bertz CT molecular complexity index is 480. The molecule has 1 aromatic rings. The van der Waals surface area contributed by atoms with Crippen LogP contribution in [0, 0.1) is 0 Å². The Balaban J connectivity index is 1.52. The van der Waals surface area contributed by atoms with Crippen molar-refractivity contribution in [1.29, 1.82) is 0 Å². The molecular weight excluding hydrogens is 296 g/mol. The average molecular weight is 324 g/mol. The first-order valence-electron chi connectivity index (χ1n) is 8.56. The summed E-state index contributed by atoms with van der Waals surface area (Å²) in [6.07, 6.45) is 6.61. The summed E-state index contributed by atoms with van der Waals surface area (Å²) < 4.78 is 18.0. The van der Waals surface area contributed by atoms with Crippen molar-refractivity contribution < 1.29 is 14.2 Å². The summed E-state index contributed by atoms with van der Waals surface area (Å²) in [5.41, 5.74) is 6.61. The van der Waals surface area contributed by atoms with Crippen LogP contribution in [-0.4, -0.2) is 67.3 Å². The second kappa shape index (κ2) is 7.99. The highest BCUT2D eigenvalue weighted by molar-refractivity contribution is 5.46. The molecule has 0 bridgehead atoms. The molecule has 23 heavy (non-hydrogen) atoms. The van der Waals surface area contributed by atoms with Gasteiger partial charge in [-0.2, -0.15) is 0 Å². The molecule has 0 amide bonds. The largest absolute Gasteiger partial charge is 0.473 e. The Labute approximate surface area is 137 Å².